The molecule has 1 aliphatic heterocycles. The number of hydrogen-bond acceptors (Lipinski definition) is 5. The van der Waals surface area contributed by atoms with Gasteiger partial charge in [0.25, 0.3) is 5.91 Å². The molecular weight excluding hydrogens is 398 g/mol. The largest absolute Gasteiger partial charge is 0.369 e. The minimum Gasteiger partial charge on any atom is -0.369 e. The summed E-state index contributed by atoms with van der Waals surface area (Å²) >= 11 is 1.68. The van der Waals surface area contributed by atoms with E-state index in [9.17, 15) is 9.59 Å². The molecule has 2 amide bonds. The van der Waals surface area contributed by atoms with Crippen molar-refractivity contribution in [2.75, 3.05) is 13.1 Å². The van der Waals surface area contributed by atoms with Gasteiger partial charge in [-0.15, -0.1) is 11.3 Å². The minimum absolute atomic E-state index is 0.212. The van der Waals surface area contributed by atoms with Gasteiger partial charge in [0.1, 0.15) is 5.76 Å². The maximum atomic E-state index is 12.9. The third kappa shape index (κ3) is 4.03. The van der Waals surface area contributed by atoms with E-state index in [1.807, 2.05) is 30.5 Å². The molecule has 0 spiro atoms. The number of thiophene rings is 1. The highest BCUT2D eigenvalue weighted by Crippen LogP contribution is 2.36. The van der Waals surface area contributed by atoms with Gasteiger partial charge < -0.3 is 15.2 Å². The highest BCUT2D eigenvalue weighted by Gasteiger charge is 2.45. The van der Waals surface area contributed by atoms with E-state index in [2.05, 4.69) is 23.4 Å². The number of likely N-dealkylation sites (tertiary alicyclic amines) is 1. The highest BCUT2D eigenvalue weighted by atomic mass is 32.1. The van der Waals surface area contributed by atoms with Crippen LogP contribution in [-0.2, 0) is 17.6 Å². The number of aromatic nitrogens is 1. The van der Waals surface area contributed by atoms with Crippen LogP contribution in [0.5, 0.6) is 0 Å². The number of benzene rings is 1. The summed E-state index contributed by atoms with van der Waals surface area (Å²) in [5, 5.41) is 5.96. The van der Waals surface area contributed by atoms with Gasteiger partial charge in [-0.05, 0) is 41.8 Å². The topological polar surface area (TPSA) is 89.4 Å². The fourth-order valence-corrected chi connectivity index (χ4v) is 4.81. The van der Waals surface area contributed by atoms with E-state index in [4.69, 9.17) is 10.3 Å². The molecule has 7 heteroatoms. The molecule has 0 saturated carbocycles. The predicted molar refractivity (Wildman–Crippen MR) is 116 cm³/mol. The van der Waals surface area contributed by atoms with Crippen molar-refractivity contribution in [3.63, 3.8) is 0 Å². The molecule has 156 valence electrons. The van der Waals surface area contributed by atoms with Gasteiger partial charge in [0, 0.05) is 30.5 Å². The summed E-state index contributed by atoms with van der Waals surface area (Å²) in [6.07, 6.45) is 2.70. The fraction of sp³-hybridized carbons (Fsp3) is 0.348. The van der Waals surface area contributed by atoms with E-state index >= 15 is 0 Å². The molecule has 1 aliphatic rings. The number of carbonyl (C=O) groups excluding carboxylic acids is 2. The van der Waals surface area contributed by atoms with Crippen molar-refractivity contribution in [1.82, 2.24) is 10.1 Å². The first-order valence-electron chi connectivity index (χ1n) is 10.2. The van der Waals surface area contributed by atoms with Crippen LogP contribution in [0.3, 0.4) is 0 Å². The van der Waals surface area contributed by atoms with Crippen LogP contribution >= 0.6 is 11.3 Å². The van der Waals surface area contributed by atoms with Crippen LogP contribution in [0.2, 0.25) is 0 Å². The Balaban J connectivity index is 1.52. The van der Waals surface area contributed by atoms with Crippen molar-refractivity contribution < 1.29 is 14.1 Å². The third-order valence-electron chi connectivity index (χ3n) is 5.71. The van der Waals surface area contributed by atoms with Crippen molar-refractivity contribution in [3.8, 4) is 10.4 Å². The Morgan fingerprint density at radius 2 is 2.13 bits per heavy atom. The van der Waals surface area contributed by atoms with Gasteiger partial charge in [-0.1, -0.05) is 42.4 Å². The summed E-state index contributed by atoms with van der Waals surface area (Å²) in [4.78, 5) is 28.2. The van der Waals surface area contributed by atoms with Crippen LogP contribution in [0.1, 0.15) is 41.6 Å². The van der Waals surface area contributed by atoms with E-state index in [0.29, 0.717) is 37.4 Å². The number of rotatable bonds is 7. The Morgan fingerprint density at radius 1 is 1.27 bits per heavy atom. The molecule has 0 unspecified atom stereocenters. The average Bonchev–Trinajstić information content (AvgIpc) is 3.49. The first-order chi connectivity index (χ1) is 14.5. The molecule has 6 nitrogen and oxygen atoms in total. The molecule has 1 atom stereocenters. The quantitative estimate of drug-likeness (QED) is 0.624. The van der Waals surface area contributed by atoms with Crippen LogP contribution in [0.15, 0.2) is 52.4 Å². The van der Waals surface area contributed by atoms with Crippen molar-refractivity contribution >= 4 is 23.2 Å². The summed E-state index contributed by atoms with van der Waals surface area (Å²) in [5.41, 5.74) is 7.53. The van der Waals surface area contributed by atoms with Crippen LogP contribution in [0.4, 0.5) is 0 Å². The molecular formula is C23H25N3O3S. The maximum Gasteiger partial charge on any atom is 0.276 e. The smallest absolute Gasteiger partial charge is 0.276 e. The number of nitrogens with two attached hydrogens (primary N) is 1. The highest BCUT2D eigenvalue weighted by molar-refractivity contribution is 7.13. The van der Waals surface area contributed by atoms with Crippen LogP contribution in [0.25, 0.3) is 10.4 Å². The number of aryl methyl sites for hydroxylation is 1. The van der Waals surface area contributed by atoms with Crippen molar-refractivity contribution in [3.05, 3.63) is 64.9 Å². The van der Waals surface area contributed by atoms with Gasteiger partial charge in [0.2, 0.25) is 5.91 Å². The fourth-order valence-electron chi connectivity index (χ4n) is 4.09. The molecule has 30 heavy (non-hydrogen) atoms. The van der Waals surface area contributed by atoms with Crippen LogP contribution in [0, 0.1) is 5.41 Å². The van der Waals surface area contributed by atoms with Crippen LogP contribution in [-0.4, -0.2) is 35.0 Å². The van der Waals surface area contributed by atoms with Gasteiger partial charge in [-0.3, -0.25) is 9.59 Å². The number of carbonyl (C=O) groups is 2. The lowest BCUT2D eigenvalue weighted by atomic mass is 9.80. The SMILES string of the molecule is CCCc1cc(C(=O)N2CC[C@](Cc3cccc(-c4cccs4)c3)(C(N)=O)C2)no1. The second kappa shape index (κ2) is 8.44. The molecule has 1 fully saturated rings. The Labute approximate surface area is 179 Å². The Bertz CT molecular complexity index is 1040. The molecule has 4 rings (SSSR count). The first-order valence-corrected chi connectivity index (χ1v) is 11.1. The summed E-state index contributed by atoms with van der Waals surface area (Å²) in [6, 6.07) is 14.0. The second-order valence-electron chi connectivity index (χ2n) is 7.90. The molecule has 1 saturated heterocycles. The number of hydrogen-bond donors (Lipinski definition) is 1. The molecule has 1 aromatic carbocycles. The van der Waals surface area contributed by atoms with Gasteiger partial charge in [-0.25, -0.2) is 0 Å². The van der Waals surface area contributed by atoms with Crippen molar-refractivity contribution in [2.45, 2.75) is 32.6 Å². The summed E-state index contributed by atoms with van der Waals surface area (Å²) in [5.74, 6) is 0.120. The van der Waals surface area contributed by atoms with E-state index in [0.717, 1.165) is 24.0 Å². The number of nitrogens with zero attached hydrogens (tertiary/aromatic N) is 2. The zero-order valence-corrected chi connectivity index (χ0v) is 17.8. The monoisotopic (exact) mass is 423 g/mol. The Morgan fingerprint density at radius 3 is 2.87 bits per heavy atom. The average molecular weight is 424 g/mol. The molecule has 2 aromatic heterocycles. The Hall–Kier alpha value is -2.93. The van der Waals surface area contributed by atoms with E-state index in [1.165, 1.54) is 4.88 Å². The summed E-state index contributed by atoms with van der Waals surface area (Å²) in [6.45, 7) is 2.81. The summed E-state index contributed by atoms with van der Waals surface area (Å²) < 4.78 is 5.24. The second-order valence-corrected chi connectivity index (χ2v) is 8.85. The molecule has 0 radical (unpaired) electrons. The third-order valence-corrected chi connectivity index (χ3v) is 6.63. The lowest BCUT2D eigenvalue weighted by molar-refractivity contribution is -0.126. The molecule has 3 aromatic rings. The molecule has 2 N–H and O–H groups in total. The van der Waals surface area contributed by atoms with Crippen molar-refractivity contribution in [1.29, 1.82) is 0 Å². The first kappa shape index (κ1) is 20.3. The van der Waals surface area contributed by atoms with E-state index < -0.39 is 5.41 Å². The van der Waals surface area contributed by atoms with Crippen LogP contribution < -0.4 is 5.73 Å². The lowest BCUT2D eigenvalue weighted by Crippen LogP contribution is -2.42. The molecule has 0 bridgehead atoms. The standard InChI is InChI=1S/C23H25N3O3S/c1-2-5-18-13-19(25-29-18)21(27)26-10-9-23(15-26,22(24)28)14-16-6-3-7-17(12-16)20-8-4-11-30-20/h3-4,6-8,11-13H,2,5,9-10,14-15H2,1H3,(H2,24,28)/t23-/m1/s1. The number of amides is 2. The minimum atomic E-state index is -0.778. The van der Waals surface area contributed by atoms with E-state index in [-0.39, 0.29) is 11.8 Å². The normalized spacial score (nSPS) is 18.6. The molecule has 0 aliphatic carbocycles. The zero-order chi connectivity index (χ0) is 21.1. The Kier molecular flexibility index (Phi) is 5.72. The maximum absolute atomic E-state index is 12.9. The zero-order valence-electron chi connectivity index (χ0n) is 17.0. The predicted octanol–water partition coefficient (Wildman–Crippen LogP) is 3.92. The summed E-state index contributed by atoms with van der Waals surface area (Å²) in [7, 11) is 0. The van der Waals surface area contributed by atoms with Crippen molar-refractivity contribution in [2.24, 2.45) is 11.1 Å². The number of primary amides is 1. The van der Waals surface area contributed by atoms with Gasteiger partial charge in [0.05, 0.1) is 5.41 Å². The lowest BCUT2D eigenvalue weighted by Gasteiger charge is -2.26. The van der Waals surface area contributed by atoms with Gasteiger partial charge in [-0.2, -0.15) is 0 Å². The van der Waals surface area contributed by atoms with E-state index in [1.54, 1.807) is 22.3 Å². The van der Waals surface area contributed by atoms with Gasteiger partial charge in [0.15, 0.2) is 5.69 Å². The molecule has 3 heterocycles. The van der Waals surface area contributed by atoms with Gasteiger partial charge >= 0.3 is 0 Å².